The summed E-state index contributed by atoms with van der Waals surface area (Å²) in [5.41, 5.74) is 6.93. The third kappa shape index (κ3) is 2.46. The lowest BCUT2D eigenvalue weighted by Gasteiger charge is -2.31. The van der Waals surface area contributed by atoms with Gasteiger partial charge in [-0.2, -0.15) is 0 Å². The van der Waals surface area contributed by atoms with Gasteiger partial charge in [0.25, 0.3) is 0 Å². The van der Waals surface area contributed by atoms with Crippen LogP contribution in [0.25, 0.3) is 0 Å². The van der Waals surface area contributed by atoms with Crippen LogP contribution in [0, 0.1) is 6.92 Å². The number of aromatic nitrogens is 4. The second-order valence-electron chi connectivity index (χ2n) is 6.59. The molecule has 2 N–H and O–H groups in total. The van der Waals surface area contributed by atoms with E-state index in [2.05, 4.69) is 40.2 Å². The second kappa shape index (κ2) is 4.72. The van der Waals surface area contributed by atoms with Crippen molar-refractivity contribution in [2.75, 3.05) is 17.2 Å². The van der Waals surface area contributed by atoms with E-state index in [0.29, 0.717) is 5.82 Å². The van der Waals surface area contributed by atoms with Gasteiger partial charge in [0.05, 0.1) is 6.54 Å². The molecule has 3 rings (SSSR count). The molecular formula is C15H22N6. The molecule has 0 atom stereocenters. The van der Waals surface area contributed by atoms with Crippen LogP contribution in [0.4, 0.5) is 11.6 Å². The molecule has 0 saturated heterocycles. The Kier molecular flexibility index (Phi) is 3.11. The highest BCUT2D eigenvalue weighted by Crippen LogP contribution is 2.28. The Morgan fingerprint density at radius 1 is 1.19 bits per heavy atom. The van der Waals surface area contributed by atoms with Gasteiger partial charge in [0.1, 0.15) is 23.3 Å². The number of nitrogen functional groups attached to an aromatic ring is 1. The zero-order valence-electron chi connectivity index (χ0n) is 13.1. The van der Waals surface area contributed by atoms with Crippen LogP contribution in [-0.2, 0) is 18.5 Å². The number of imidazole rings is 1. The Balaban J connectivity index is 2.01. The summed E-state index contributed by atoms with van der Waals surface area (Å²) in [7, 11) is 0. The molecule has 6 heteroatoms. The van der Waals surface area contributed by atoms with Gasteiger partial charge in [-0.15, -0.1) is 0 Å². The van der Waals surface area contributed by atoms with Crippen LogP contribution in [0.1, 0.15) is 38.0 Å². The van der Waals surface area contributed by atoms with Gasteiger partial charge >= 0.3 is 0 Å². The normalized spacial score (nSPS) is 15.1. The van der Waals surface area contributed by atoms with Gasteiger partial charge in [0, 0.05) is 36.5 Å². The van der Waals surface area contributed by atoms with Crippen LogP contribution in [0.15, 0.2) is 12.4 Å². The quantitative estimate of drug-likeness (QED) is 0.866. The molecule has 0 aliphatic carbocycles. The van der Waals surface area contributed by atoms with E-state index in [0.717, 1.165) is 42.7 Å². The molecule has 21 heavy (non-hydrogen) atoms. The van der Waals surface area contributed by atoms with E-state index in [-0.39, 0.29) is 5.41 Å². The summed E-state index contributed by atoms with van der Waals surface area (Å²) in [4.78, 5) is 15.9. The Hall–Kier alpha value is -2.11. The first-order valence-electron chi connectivity index (χ1n) is 7.26. The number of fused-ring (bicyclic) bond motifs is 1. The number of nitrogens with two attached hydrogens (primary N) is 1. The van der Waals surface area contributed by atoms with Crippen molar-refractivity contribution >= 4 is 11.6 Å². The molecule has 0 aromatic carbocycles. The zero-order valence-corrected chi connectivity index (χ0v) is 13.1. The van der Waals surface area contributed by atoms with Crippen LogP contribution >= 0.6 is 0 Å². The lowest BCUT2D eigenvalue weighted by atomic mass is 9.95. The summed E-state index contributed by atoms with van der Waals surface area (Å²) in [6.45, 7) is 10.9. The molecule has 2 aromatic rings. The summed E-state index contributed by atoms with van der Waals surface area (Å²) in [5, 5.41) is 0. The largest absolute Gasteiger partial charge is 0.383 e. The highest BCUT2D eigenvalue weighted by molar-refractivity contribution is 5.57. The monoisotopic (exact) mass is 286 g/mol. The summed E-state index contributed by atoms with van der Waals surface area (Å²) in [6, 6.07) is 0. The summed E-state index contributed by atoms with van der Waals surface area (Å²) >= 11 is 0. The molecule has 112 valence electrons. The fourth-order valence-corrected chi connectivity index (χ4v) is 2.52. The van der Waals surface area contributed by atoms with Crippen molar-refractivity contribution in [3.63, 3.8) is 0 Å². The van der Waals surface area contributed by atoms with Crippen molar-refractivity contribution in [3.05, 3.63) is 29.6 Å². The highest BCUT2D eigenvalue weighted by Gasteiger charge is 2.25. The first-order chi connectivity index (χ1) is 9.86. The van der Waals surface area contributed by atoms with E-state index in [1.807, 2.05) is 19.3 Å². The van der Waals surface area contributed by atoms with Crippen molar-refractivity contribution in [2.45, 2.75) is 46.2 Å². The van der Waals surface area contributed by atoms with Gasteiger partial charge in [-0.05, 0) is 6.92 Å². The zero-order chi connectivity index (χ0) is 15.2. The maximum Gasteiger partial charge on any atom is 0.138 e. The van der Waals surface area contributed by atoms with Gasteiger partial charge in [-0.1, -0.05) is 20.8 Å². The van der Waals surface area contributed by atoms with Crippen LogP contribution in [-0.4, -0.2) is 26.1 Å². The first-order valence-corrected chi connectivity index (χ1v) is 7.26. The number of anilines is 2. The lowest BCUT2D eigenvalue weighted by molar-refractivity contribution is 0.531. The number of hydrogen-bond donors (Lipinski definition) is 1. The molecule has 0 unspecified atom stereocenters. The van der Waals surface area contributed by atoms with E-state index >= 15 is 0 Å². The smallest absolute Gasteiger partial charge is 0.138 e. The third-order valence-electron chi connectivity index (χ3n) is 3.87. The van der Waals surface area contributed by atoms with E-state index in [1.165, 1.54) is 0 Å². The Morgan fingerprint density at radius 2 is 1.95 bits per heavy atom. The molecule has 1 aliphatic heterocycles. The summed E-state index contributed by atoms with van der Waals surface area (Å²) < 4.78 is 2.18. The number of rotatable bonds is 1. The first kappa shape index (κ1) is 13.9. The molecule has 0 radical (unpaired) electrons. The minimum atomic E-state index is -0.120. The summed E-state index contributed by atoms with van der Waals surface area (Å²) in [5.74, 6) is 3.35. The molecule has 0 amide bonds. The maximum absolute atomic E-state index is 6.10. The van der Waals surface area contributed by atoms with Gasteiger partial charge in [0.15, 0.2) is 0 Å². The molecule has 0 bridgehead atoms. The van der Waals surface area contributed by atoms with Crippen molar-refractivity contribution in [1.29, 1.82) is 0 Å². The van der Waals surface area contributed by atoms with Gasteiger partial charge in [-0.3, -0.25) is 0 Å². The molecule has 1 aliphatic rings. The molecule has 0 fully saturated rings. The van der Waals surface area contributed by atoms with Crippen molar-refractivity contribution < 1.29 is 0 Å². The molecule has 3 heterocycles. The van der Waals surface area contributed by atoms with Crippen molar-refractivity contribution in [3.8, 4) is 0 Å². The number of nitrogens with zero attached hydrogens (tertiary/aromatic N) is 5. The third-order valence-corrected chi connectivity index (χ3v) is 3.87. The molecule has 0 spiro atoms. The molecule has 0 saturated carbocycles. The lowest BCUT2D eigenvalue weighted by Crippen LogP contribution is -2.35. The van der Waals surface area contributed by atoms with Gasteiger partial charge in [0.2, 0.25) is 0 Å². The minimum absolute atomic E-state index is 0.120. The fraction of sp³-hybridized carbons (Fsp3) is 0.533. The highest BCUT2D eigenvalue weighted by atomic mass is 15.3. The average molecular weight is 286 g/mol. The van der Waals surface area contributed by atoms with Crippen LogP contribution in [0.2, 0.25) is 0 Å². The van der Waals surface area contributed by atoms with Gasteiger partial charge < -0.3 is 15.2 Å². The van der Waals surface area contributed by atoms with E-state index in [9.17, 15) is 0 Å². The topological polar surface area (TPSA) is 72.9 Å². The minimum Gasteiger partial charge on any atom is -0.383 e. The van der Waals surface area contributed by atoms with Gasteiger partial charge in [-0.25, -0.2) is 15.0 Å². The van der Waals surface area contributed by atoms with Crippen LogP contribution in [0.5, 0.6) is 0 Å². The van der Waals surface area contributed by atoms with Crippen molar-refractivity contribution in [1.82, 2.24) is 19.5 Å². The Bertz CT molecular complexity index is 667. The SMILES string of the molecule is Cc1c(N)nc(C(C)(C)C)nc1N1CCn2ccnc2C1. The molecule has 6 nitrogen and oxygen atoms in total. The Labute approximate surface area is 125 Å². The molecule has 2 aromatic heterocycles. The predicted octanol–water partition coefficient (Wildman–Crippen LogP) is 1.88. The summed E-state index contributed by atoms with van der Waals surface area (Å²) in [6.07, 6.45) is 3.87. The Morgan fingerprint density at radius 3 is 2.67 bits per heavy atom. The average Bonchev–Trinajstić information content (AvgIpc) is 2.87. The maximum atomic E-state index is 6.10. The predicted molar refractivity (Wildman–Crippen MR) is 83.2 cm³/mol. The fourth-order valence-electron chi connectivity index (χ4n) is 2.52. The van der Waals surface area contributed by atoms with Crippen LogP contribution in [0.3, 0.4) is 0 Å². The van der Waals surface area contributed by atoms with Crippen LogP contribution < -0.4 is 10.6 Å². The van der Waals surface area contributed by atoms with E-state index in [4.69, 9.17) is 10.7 Å². The van der Waals surface area contributed by atoms with E-state index < -0.39 is 0 Å². The second-order valence-corrected chi connectivity index (χ2v) is 6.59. The van der Waals surface area contributed by atoms with Crippen molar-refractivity contribution in [2.24, 2.45) is 0 Å². The van der Waals surface area contributed by atoms with E-state index in [1.54, 1.807) is 0 Å². The molecular weight excluding hydrogens is 264 g/mol. The number of hydrogen-bond acceptors (Lipinski definition) is 5. The standard InChI is InChI=1S/C15H22N6/c1-10-12(16)18-14(15(2,3)4)19-13(10)21-8-7-20-6-5-17-11(20)9-21/h5-6H,7-9H2,1-4H3,(H2,16,18,19).